The molecule has 33 heavy (non-hydrogen) atoms. The Kier molecular flexibility index (Phi) is 7.02. The topological polar surface area (TPSA) is 115 Å². The number of ether oxygens (including phenoxy) is 1. The van der Waals surface area contributed by atoms with E-state index in [4.69, 9.17) is 9.88 Å². The van der Waals surface area contributed by atoms with Gasteiger partial charge in [0.1, 0.15) is 11.5 Å². The molecule has 0 saturated carbocycles. The highest BCUT2D eigenvalue weighted by molar-refractivity contribution is 7.89. The molecule has 3 N–H and O–H groups in total. The van der Waals surface area contributed by atoms with Crippen LogP contribution in [0.5, 0.6) is 11.5 Å². The highest BCUT2D eigenvalue weighted by atomic mass is 32.2. The Hall–Kier alpha value is -3.27. The lowest BCUT2D eigenvalue weighted by Gasteiger charge is -2.31. The normalized spacial score (nSPS) is 15.2. The van der Waals surface area contributed by atoms with Crippen molar-refractivity contribution in [3.05, 3.63) is 78.6 Å². The maximum atomic E-state index is 12.7. The van der Waals surface area contributed by atoms with E-state index in [1.165, 1.54) is 12.1 Å². The monoisotopic (exact) mass is 466 g/mol. The standard InChI is InChI=1S/C24H26N4O4S/c25-33(30,31)22-9-7-20(8-10-22)27-24(29)18-11-14-28(15-12-18)17-19-4-1-2-6-23(19)32-21-5-3-13-26-16-21/h1-10,13,16,18H,11-12,14-15,17H2,(H,27,29)(H2,25,30,31). The van der Waals surface area contributed by atoms with Crippen LogP contribution in [0.2, 0.25) is 0 Å². The molecule has 1 aliphatic heterocycles. The van der Waals surface area contributed by atoms with Crippen molar-refractivity contribution >= 4 is 21.6 Å². The molecule has 8 nitrogen and oxygen atoms in total. The first-order valence-corrected chi connectivity index (χ1v) is 12.2. The van der Waals surface area contributed by atoms with E-state index < -0.39 is 10.0 Å². The third-order valence-electron chi connectivity index (χ3n) is 5.64. The van der Waals surface area contributed by atoms with Gasteiger partial charge in [0.2, 0.25) is 15.9 Å². The first-order valence-electron chi connectivity index (χ1n) is 10.7. The molecule has 0 aliphatic carbocycles. The number of carbonyl (C=O) groups excluding carboxylic acids is 1. The molecule has 0 spiro atoms. The number of piperidine rings is 1. The number of para-hydroxylation sites is 1. The third-order valence-corrected chi connectivity index (χ3v) is 6.57. The second kappa shape index (κ2) is 10.1. The molecule has 2 aromatic carbocycles. The molecule has 0 unspecified atom stereocenters. The molecule has 1 fully saturated rings. The number of rotatable bonds is 7. The summed E-state index contributed by atoms with van der Waals surface area (Å²) in [6, 6.07) is 17.5. The van der Waals surface area contributed by atoms with Crippen LogP contribution in [0.3, 0.4) is 0 Å². The van der Waals surface area contributed by atoms with Gasteiger partial charge in [0, 0.05) is 29.9 Å². The fourth-order valence-corrected chi connectivity index (χ4v) is 4.35. The largest absolute Gasteiger partial charge is 0.455 e. The molecule has 2 heterocycles. The summed E-state index contributed by atoms with van der Waals surface area (Å²) in [6.45, 7) is 2.33. The summed E-state index contributed by atoms with van der Waals surface area (Å²) in [7, 11) is -3.75. The van der Waals surface area contributed by atoms with Gasteiger partial charge in [0.05, 0.1) is 11.1 Å². The molecule has 1 amide bonds. The van der Waals surface area contributed by atoms with Crippen LogP contribution < -0.4 is 15.2 Å². The maximum absolute atomic E-state index is 12.7. The number of hydrogen-bond acceptors (Lipinski definition) is 6. The molecule has 0 radical (unpaired) electrons. The predicted octanol–water partition coefficient (Wildman–Crippen LogP) is 3.37. The number of amides is 1. The Morgan fingerprint density at radius 3 is 2.45 bits per heavy atom. The van der Waals surface area contributed by atoms with Crippen LogP contribution in [-0.4, -0.2) is 37.3 Å². The van der Waals surface area contributed by atoms with E-state index in [0.29, 0.717) is 11.4 Å². The minimum Gasteiger partial charge on any atom is -0.455 e. The zero-order valence-electron chi connectivity index (χ0n) is 18.1. The summed E-state index contributed by atoms with van der Waals surface area (Å²) in [5, 5.41) is 7.98. The van der Waals surface area contributed by atoms with Crippen molar-refractivity contribution in [2.24, 2.45) is 11.1 Å². The van der Waals surface area contributed by atoms with Crippen LogP contribution in [0.15, 0.2) is 78.0 Å². The average molecular weight is 467 g/mol. The highest BCUT2D eigenvalue weighted by Crippen LogP contribution is 2.28. The van der Waals surface area contributed by atoms with Gasteiger partial charge in [-0.05, 0) is 68.4 Å². The SMILES string of the molecule is NS(=O)(=O)c1ccc(NC(=O)C2CCN(Cc3ccccc3Oc3cccnc3)CC2)cc1. The molecule has 4 rings (SSSR count). The molecule has 3 aromatic rings. The lowest BCUT2D eigenvalue weighted by molar-refractivity contribution is -0.121. The zero-order valence-corrected chi connectivity index (χ0v) is 18.9. The van der Waals surface area contributed by atoms with Crippen LogP contribution in [0, 0.1) is 5.92 Å². The number of hydrogen-bond donors (Lipinski definition) is 2. The number of nitrogens with zero attached hydrogens (tertiary/aromatic N) is 2. The number of aromatic nitrogens is 1. The van der Waals surface area contributed by atoms with Crippen molar-refractivity contribution in [1.29, 1.82) is 0 Å². The third kappa shape index (κ3) is 6.16. The highest BCUT2D eigenvalue weighted by Gasteiger charge is 2.25. The van der Waals surface area contributed by atoms with Gasteiger partial charge in [-0.2, -0.15) is 0 Å². The molecule has 172 valence electrons. The Morgan fingerprint density at radius 1 is 1.06 bits per heavy atom. The van der Waals surface area contributed by atoms with E-state index in [-0.39, 0.29) is 16.7 Å². The van der Waals surface area contributed by atoms with E-state index >= 15 is 0 Å². The van der Waals surface area contributed by atoms with E-state index in [9.17, 15) is 13.2 Å². The van der Waals surface area contributed by atoms with Gasteiger partial charge in [0.25, 0.3) is 0 Å². The minimum absolute atomic E-state index is 0.0154. The number of pyridine rings is 1. The summed E-state index contributed by atoms with van der Waals surface area (Å²) in [4.78, 5) is 19.1. The van der Waals surface area contributed by atoms with Crippen LogP contribution in [0.4, 0.5) is 5.69 Å². The van der Waals surface area contributed by atoms with Crippen LogP contribution in [-0.2, 0) is 21.4 Å². The molecule has 1 aliphatic rings. The van der Waals surface area contributed by atoms with Gasteiger partial charge in [-0.1, -0.05) is 18.2 Å². The van der Waals surface area contributed by atoms with Crippen molar-refractivity contribution < 1.29 is 17.9 Å². The summed E-state index contributed by atoms with van der Waals surface area (Å²) in [6.07, 6.45) is 4.88. The summed E-state index contributed by atoms with van der Waals surface area (Å²) >= 11 is 0. The number of primary sulfonamides is 1. The molecule has 0 bridgehead atoms. The number of nitrogens with two attached hydrogens (primary N) is 1. The Bertz CT molecular complexity index is 1190. The van der Waals surface area contributed by atoms with E-state index in [1.807, 2.05) is 30.3 Å². The van der Waals surface area contributed by atoms with E-state index in [1.54, 1.807) is 24.5 Å². The quantitative estimate of drug-likeness (QED) is 0.552. The van der Waals surface area contributed by atoms with Gasteiger partial charge >= 0.3 is 0 Å². The number of nitrogens with one attached hydrogen (secondary N) is 1. The van der Waals surface area contributed by atoms with Gasteiger partial charge in [-0.25, -0.2) is 13.6 Å². The average Bonchev–Trinajstić information content (AvgIpc) is 2.81. The summed E-state index contributed by atoms with van der Waals surface area (Å²) in [5.74, 6) is 1.34. The fraction of sp³-hybridized carbons (Fsp3) is 0.250. The molecular weight excluding hydrogens is 440 g/mol. The summed E-state index contributed by atoms with van der Waals surface area (Å²) in [5.41, 5.74) is 1.63. The second-order valence-electron chi connectivity index (χ2n) is 8.01. The number of anilines is 1. The number of carbonyl (C=O) groups is 1. The van der Waals surface area contributed by atoms with Crippen molar-refractivity contribution in [3.63, 3.8) is 0 Å². The van der Waals surface area contributed by atoms with Crippen LogP contribution >= 0.6 is 0 Å². The lowest BCUT2D eigenvalue weighted by Crippen LogP contribution is -2.37. The first-order chi connectivity index (χ1) is 15.9. The van der Waals surface area contributed by atoms with Crippen molar-refractivity contribution in [1.82, 2.24) is 9.88 Å². The molecule has 9 heteroatoms. The first kappa shape index (κ1) is 22.9. The number of likely N-dealkylation sites (tertiary alicyclic amines) is 1. The molecular formula is C24H26N4O4S. The minimum atomic E-state index is -3.75. The second-order valence-corrected chi connectivity index (χ2v) is 9.57. The van der Waals surface area contributed by atoms with E-state index in [0.717, 1.165) is 43.8 Å². The lowest BCUT2D eigenvalue weighted by atomic mass is 9.95. The number of sulfonamides is 1. The fourth-order valence-electron chi connectivity index (χ4n) is 3.83. The summed E-state index contributed by atoms with van der Waals surface area (Å²) < 4.78 is 28.7. The Morgan fingerprint density at radius 2 is 1.79 bits per heavy atom. The molecule has 0 atom stereocenters. The molecule has 1 saturated heterocycles. The van der Waals surface area contributed by atoms with Gasteiger partial charge < -0.3 is 10.1 Å². The van der Waals surface area contributed by atoms with Gasteiger partial charge in [0.15, 0.2) is 0 Å². The van der Waals surface area contributed by atoms with Crippen molar-refractivity contribution in [2.75, 3.05) is 18.4 Å². The smallest absolute Gasteiger partial charge is 0.238 e. The zero-order chi connectivity index (χ0) is 23.3. The Balaban J connectivity index is 1.31. The maximum Gasteiger partial charge on any atom is 0.238 e. The van der Waals surface area contributed by atoms with Crippen molar-refractivity contribution in [2.45, 2.75) is 24.3 Å². The van der Waals surface area contributed by atoms with Crippen LogP contribution in [0.25, 0.3) is 0 Å². The van der Waals surface area contributed by atoms with Gasteiger partial charge in [-0.15, -0.1) is 0 Å². The molecule has 1 aromatic heterocycles. The number of benzene rings is 2. The van der Waals surface area contributed by atoms with E-state index in [2.05, 4.69) is 21.3 Å². The van der Waals surface area contributed by atoms with Crippen LogP contribution in [0.1, 0.15) is 18.4 Å². The van der Waals surface area contributed by atoms with Crippen molar-refractivity contribution in [3.8, 4) is 11.5 Å². The van der Waals surface area contributed by atoms with Gasteiger partial charge in [-0.3, -0.25) is 14.7 Å². The predicted molar refractivity (Wildman–Crippen MR) is 125 cm³/mol. The Labute approximate surface area is 193 Å².